The van der Waals surface area contributed by atoms with Crippen LogP contribution in [0.5, 0.6) is 0 Å². The van der Waals surface area contributed by atoms with E-state index in [1.54, 1.807) is 0 Å². The van der Waals surface area contributed by atoms with Crippen LogP contribution in [-0.4, -0.2) is 6.04 Å². The van der Waals surface area contributed by atoms with E-state index in [1.165, 1.54) is 12.1 Å². The van der Waals surface area contributed by atoms with Gasteiger partial charge in [-0.25, -0.2) is 0 Å². The third-order valence-electron chi connectivity index (χ3n) is 3.31. The van der Waals surface area contributed by atoms with Crippen molar-refractivity contribution in [3.05, 3.63) is 34.3 Å². The Labute approximate surface area is 109 Å². The Kier molecular flexibility index (Phi) is 4.17. The molecule has 100 valence electrons. The smallest absolute Gasteiger partial charge is 0.310 e. The highest BCUT2D eigenvalue weighted by atomic mass is 35.5. The predicted octanol–water partition coefficient (Wildman–Crippen LogP) is 4.39. The van der Waals surface area contributed by atoms with E-state index < -0.39 is 11.7 Å². The first-order valence-electron chi connectivity index (χ1n) is 6.06. The zero-order chi connectivity index (χ0) is 13.2. The van der Waals surface area contributed by atoms with E-state index in [2.05, 4.69) is 5.32 Å². The van der Waals surface area contributed by atoms with Crippen LogP contribution in [0.25, 0.3) is 0 Å². The van der Waals surface area contributed by atoms with Crippen molar-refractivity contribution in [3.8, 4) is 0 Å². The van der Waals surface area contributed by atoms with E-state index in [0.717, 1.165) is 31.7 Å². The average molecular weight is 278 g/mol. The average Bonchev–Trinajstić information content (AvgIpc) is 2.77. The molecule has 1 N–H and O–H groups in total. The van der Waals surface area contributed by atoms with Crippen LogP contribution in [0.2, 0.25) is 5.02 Å². The summed E-state index contributed by atoms with van der Waals surface area (Å²) in [4.78, 5) is 0. The molecule has 2 rings (SSSR count). The summed E-state index contributed by atoms with van der Waals surface area (Å²) < 4.78 is 38.4. The van der Waals surface area contributed by atoms with Crippen LogP contribution >= 0.6 is 11.6 Å². The lowest BCUT2D eigenvalue weighted by Crippen LogP contribution is -2.26. The molecule has 1 aliphatic carbocycles. The molecule has 0 amide bonds. The molecule has 0 aliphatic heterocycles. The Bertz CT molecular complexity index is 411. The third kappa shape index (κ3) is 3.39. The van der Waals surface area contributed by atoms with Gasteiger partial charge in [-0.15, -0.1) is 0 Å². The monoisotopic (exact) mass is 277 g/mol. The maximum atomic E-state index is 12.8. The number of benzene rings is 1. The number of hydrogen-bond acceptors (Lipinski definition) is 1. The normalized spacial score (nSPS) is 17.3. The number of rotatable bonds is 3. The minimum atomic E-state index is -4.32. The van der Waals surface area contributed by atoms with Crippen molar-refractivity contribution in [1.82, 2.24) is 5.32 Å². The molecule has 1 saturated carbocycles. The van der Waals surface area contributed by atoms with Crippen LogP contribution in [0.15, 0.2) is 18.2 Å². The van der Waals surface area contributed by atoms with Crippen molar-refractivity contribution in [2.24, 2.45) is 0 Å². The third-order valence-corrected chi connectivity index (χ3v) is 3.54. The second-order valence-electron chi connectivity index (χ2n) is 4.66. The molecule has 0 spiro atoms. The molecule has 5 heteroatoms. The lowest BCUT2D eigenvalue weighted by Gasteiger charge is -2.16. The largest absolute Gasteiger partial charge is 0.416 e. The molecular formula is C13H15ClF3N. The van der Waals surface area contributed by atoms with E-state index in [9.17, 15) is 13.2 Å². The van der Waals surface area contributed by atoms with E-state index in [1.807, 2.05) is 0 Å². The summed E-state index contributed by atoms with van der Waals surface area (Å²) >= 11 is 5.77. The van der Waals surface area contributed by atoms with Gasteiger partial charge in [0.25, 0.3) is 0 Å². The summed E-state index contributed by atoms with van der Waals surface area (Å²) in [5, 5.41) is 3.52. The highest BCUT2D eigenvalue weighted by Gasteiger charge is 2.33. The number of hydrogen-bond donors (Lipinski definition) is 1. The van der Waals surface area contributed by atoms with E-state index in [4.69, 9.17) is 11.6 Å². The van der Waals surface area contributed by atoms with Gasteiger partial charge in [-0.3, -0.25) is 0 Å². The Morgan fingerprint density at radius 2 is 1.89 bits per heavy atom. The summed E-state index contributed by atoms with van der Waals surface area (Å²) in [6.07, 6.45) is 0.0692. The summed E-state index contributed by atoms with van der Waals surface area (Å²) in [5.41, 5.74) is -0.376. The van der Waals surface area contributed by atoms with Gasteiger partial charge >= 0.3 is 6.18 Å². The first kappa shape index (κ1) is 13.7. The molecular weight excluding hydrogens is 263 g/mol. The van der Waals surface area contributed by atoms with Gasteiger partial charge in [-0.1, -0.05) is 24.4 Å². The maximum Gasteiger partial charge on any atom is 0.416 e. The fraction of sp³-hybridized carbons (Fsp3) is 0.538. The highest BCUT2D eigenvalue weighted by Crippen LogP contribution is 2.33. The molecule has 0 atom stereocenters. The summed E-state index contributed by atoms with van der Waals surface area (Å²) in [6.45, 7) is 0.222. The van der Waals surface area contributed by atoms with Crippen molar-refractivity contribution in [1.29, 1.82) is 0 Å². The van der Waals surface area contributed by atoms with Gasteiger partial charge in [0.1, 0.15) is 0 Å². The van der Waals surface area contributed by atoms with Gasteiger partial charge in [0, 0.05) is 17.6 Å². The van der Waals surface area contributed by atoms with Crippen LogP contribution in [0, 0.1) is 0 Å². The Morgan fingerprint density at radius 1 is 1.22 bits per heavy atom. The van der Waals surface area contributed by atoms with E-state index in [-0.39, 0.29) is 12.1 Å². The standard InChI is InChI=1S/C13H15ClF3N/c14-10-5-6-12(13(15,16)17)9(7-10)8-18-11-3-1-2-4-11/h5-7,11,18H,1-4,8H2. The Hall–Kier alpha value is -0.740. The quantitative estimate of drug-likeness (QED) is 0.864. The molecule has 0 bridgehead atoms. The molecule has 1 nitrogen and oxygen atoms in total. The second-order valence-corrected chi connectivity index (χ2v) is 5.10. The SMILES string of the molecule is FC(F)(F)c1ccc(Cl)cc1CNC1CCCC1. The second kappa shape index (κ2) is 5.49. The molecule has 1 aromatic rings. The van der Waals surface area contributed by atoms with Crippen LogP contribution in [0.3, 0.4) is 0 Å². The van der Waals surface area contributed by atoms with Crippen LogP contribution < -0.4 is 5.32 Å². The lowest BCUT2D eigenvalue weighted by molar-refractivity contribution is -0.138. The zero-order valence-corrected chi connectivity index (χ0v) is 10.6. The van der Waals surface area contributed by atoms with Gasteiger partial charge in [-0.2, -0.15) is 13.2 Å². The summed E-state index contributed by atoms with van der Waals surface area (Å²) in [5.74, 6) is 0. The molecule has 1 aliphatic rings. The fourth-order valence-corrected chi connectivity index (χ4v) is 2.56. The van der Waals surface area contributed by atoms with Crippen molar-refractivity contribution >= 4 is 11.6 Å². The lowest BCUT2D eigenvalue weighted by atomic mass is 10.1. The molecule has 0 radical (unpaired) electrons. The van der Waals surface area contributed by atoms with E-state index >= 15 is 0 Å². The minimum absolute atomic E-state index is 0.222. The summed E-state index contributed by atoms with van der Waals surface area (Å²) in [7, 11) is 0. The van der Waals surface area contributed by atoms with Crippen LogP contribution in [0.1, 0.15) is 36.8 Å². The van der Waals surface area contributed by atoms with E-state index in [0.29, 0.717) is 11.1 Å². The van der Waals surface area contributed by atoms with Crippen LogP contribution in [0.4, 0.5) is 13.2 Å². The number of alkyl halides is 3. The maximum absolute atomic E-state index is 12.8. The molecule has 1 aromatic carbocycles. The molecule has 0 unspecified atom stereocenters. The Morgan fingerprint density at radius 3 is 2.50 bits per heavy atom. The molecule has 1 fully saturated rings. The first-order chi connectivity index (χ1) is 8.47. The Balaban J connectivity index is 2.12. The van der Waals surface area contributed by atoms with Crippen molar-refractivity contribution in [2.45, 2.75) is 44.4 Å². The predicted molar refractivity (Wildman–Crippen MR) is 65.5 cm³/mol. The summed E-state index contributed by atoms with van der Waals surface area (Å²) in [6, 6.07) is 4.06. The van der Waals surface area contributed by atoms with Crippen molar-refractivity contribution < 1.29 is 13.2 Å². The number of nitrogens with one attached hydrogen (secondary N) is 1. The topological polar surface area (TPSA) is 12.0 Å². The molecule has 18 heavy (non-hydrogen) atoms. The van der Waals surface area contributed by atoms with Gasteiger partial charge in [0.05, 0.1) is 5.56 Å². The van der Waals surface area contributed by atoms with Crippen molar-refractivity contribution in [2.75, 3.05) is 0 Å². The fourth-order valence-electron chi connectivity index (χ4n) is 2.37. The minimum Gasteiger partial charge on any atom is -0.310 e. The van der Waals surface area contributed by atoms with Gasteiger partial charge in [0.15, 0.2) is 0 Å². The molecule has 0 heterocycles. The van der Waals surface area contributed by atoms with Crippen molar-refractivity contribution in [3.63, 3.8) is 0 Å². The molecule has 0 aromatic heterocycles. The molecule has 0 saturated heterocycles. The zero-order valence-electron chi connectivity index (χ0n) is 9.86. The highest BCUT2D eigenvalue weighted by molar-refractivity contribution is 6.30. The number of halogens is 4. The van der Waals surface area contributed by atoms with Gasteiger partial charge in [0.2, 0.25) is 0 Å². The van der Waals surface area contributed by atoms with Crippen LogP contribution in [-0.2, 0) is 12.7 Å². The van der Waals surface area contributed by atoms with Gasteiger partial charge in [-0.05, 0) is 36.6 Å². The first-order valence-corrected chi connectivity index (χ1v) is 6.43. The van der Waals surface area contributed by atoms with Gasteiger partial charge < -0.3 is 5.32 Å².